The molecule has 1 heterocycles. The van der Waals surface area contributed by atoms with E-state index in [9.17, 15) is 4.79 Å². The van der Waals surface area contributed by atoms with E-state index in [1.165, 1.54) is 0 Å². The minimum atomic E-state index is -0.374. The average molecular weight is 274 g/mol. The molecule has 0 bridgehead atoms. The number of carbonyl (C=O) groups excluding carboxylic acids is 1. The Balaban J connectivity index is 1.90. The molecule has 5 nitrogen and oxygen atoms in total. The fourth-order valence-electron chi connectivity index (χ4n) is 1.80. The molecule has 106 valence electrons. The second kappa shape index (κ2) is 6.65. The van der Waals surface area contributed by atoms with E-state index in [4.69, 9.17) is 9.15 Å². The minimum Gasteiger partial charge on any atom is -0.495 e. The fourth-order valence-corrected chi connectivity index (χ4v) is 1.80. The van der Waals surface area contributed by atoms with Gasteiger partial charge in [-0.15, -0.1) is 0 Å². The maximum Gasteiger partial charge on any atom is 0.242 e. The van der Waals surface area contributed by atoms with Gasteiger partial charge in [0, 0.05) is 0 Å². The molecule has 0 aliphatic heterocycles. The van der Waals surface area contributed by atoms with Gasteiger partial charge in [-0.05, 0) is 31.2 Å². The number of ether oxygens (including phenoxy) is 1. The van der Waals surface area contributed by atoms with Crippen LogP contribution in [0, 0.1) is 0 Å². The minimum absolute atomic E-state index is 0.104. The van der Waals surface area contributed by atoms with Crippen LogP contribution < -0.4 is 15.4 Å². The van der Waals surface area contributed by atoms with Crippen LogP contribution in [0.1, 0.15) is 12.7 Å². The predicted octanol–water partition coefficient (Wildman–Crippen LogP) is 2.41. The molecule has 0 aliphatic rings. The molecule has 2 N–H and O–H groups in total. The predicted molar refractivity (Wildman–Crippen MR) is 76.6 cm³/mol. The number of carbonyl (C=O) groups is 1. The zero-order valence-electron chi connectivity index (χ0n) is 11.6. The van der Waals surface area contributed by atoms with Gasteiger partial charge in [0.25, 0.3) is 0 Å². The molecule has 0 aliphatic carbocycles. The van der Waals surface area contributed by atoms with Crippen LogP contribution in [0.5, 0.6) is 5.75 Å². The van der Waals surface area contributed by atoms with E-state index in [-0.39, 0.29) is 11.9 Å². The third-order valence-corrected chi connectivity index (χ3v) is 2.89. The molecule has 2 aromatic rings. The van der Waals surface area contributed by atoms with Gasteiger partial charge in [-0.3, -0.25) is 4.79 Å². The van der Waals surface area contributed by atoms with Gasteiger partial charge in [0.2, 0.25) is 5.91 Å². The summed E-state index contributed by atoms with van der Waals surface area (Å²) in [5, 5.41) is 5.93. The van der Waals surface area contributed by atoms with Crippen LogP contribution >= 0.6 is 0 Å². The van der Waals surface area contributed by atoms with E-state index in [1.54, 1.807) is 26.4 Å². The van der Waals surface area contributed by atoms with Crippen molar-refractivity contribution in [2.24, 2.45) is 0 Å². The number of furan rings is 1. The number of anilines is 1. The van der Waals surface area contributed by atoms with Crippen LogP contribution in [0.15, 0.2) is 47.1 Å². The first-order valence-electron chi connectivity index (χ1n) is 6.40. The van der Waals surface area contributed by atoms with E-state index in [1.807, 2.05) is 30.3 Å². The summed E-state index contributed by atoms with van der Waals surface area (Å²) in [5.41, 5.74) is 0.788. The van der Waals surface area contributed by atoms with Crippen LogP contribution in [0.3, 0.4) is 0 Å². The molecule has 0 saturated carbocycles. The Morgan fingerprint density at radius 3 is 2.80 bits per heavy atom. The van der Waals surface area contributed by atoms with Gasteiger partial charge in [-0.1, -0.05) is 12.1 Å². The van der Waals surface area contributed by atoms with Crippen LogP contribution in [-0.4, -0.2) is 19.1 Å². The highest BCUT2D eigenvalue weighted by molar-refractivity contribution is 5.84. The Kier molecular flexibility index (Phi) is 4.65. The van der Waals surface area contributed by atoms with Crippen molar-refractivity contribution < 1.29 is 13.9 Å². The number of hydrogen-bond acceptors (Lipinski definition) is 4. The third kappa shape index (κ3) is 3.54. The lowest BCUT2D eigenvalue weighted by atomic mass is 10.2. The van der Waals surface area contributed by atoms with Crippen LogP contribution in [0.4, 0.5) is 5.69 Å². The number of methoxy groups -OCH3 is 1. The molecule has 1 amide bonds. The average Bonchev–Trinajstić information content (AvgIpc) is 2.98. The molecule has 0 radical (unpaired) electrons. The molecular weight excluding hydrogens is 256 g/mol. The van der Waals surface area contributed by atoms with Crippen LogP contribution in [0.25, 0.3) is 0 Å². The molecule has 1 aromatic carbocycles. The van der Waals surface area contributed by atoms with Gasteiger partial charge in [-0.25, -0.2) is 0 Å². The van der Waals surface area contributed by atoms with Crippen molar-refractivity contribution in [3.8, 4) is 5.75 Å². The first-order valence-corrected chi connectivity index (χ1v) is 6.40. The van der Waals surface area contributed by atoms with Gasteiger partial charge in [0.05, 0.1) is 25.6 Å². The number of amides is 1. The summed E-state index contributed by atoms with van der Waals surface area (Å²) in [6.45, 7) is 2.17. The summed E-state index contributed by atoms with van der Waals surface area (Å²) in [5.74, 6) is 1.33. The molecule has 20 heavy (non-hydrogen) atoms. The summed E-state index contributed by atoms with van der Waals surface area (Å²) in [6.07, 6.45) is 1.58. The largest absolute Gasteiger partial charge is 0.495 e. The lowest BCUT2D eigenvalue weighted by Crippen LogP contribution is -2.37. The molecular formula is C15H18N2O3. The quantitative estimate of drug-likeness (QED) is 0.849. The second-order valence-corrected chi connectivity index (χ2v) is 4.36. The van der Waals surface area contributed by atoms with E-state index in [2.05, 4.69) is 10.6 Å². The molecule has 0 spiro atoms. The zero-order valence-corrected chi connectivity index (χ0v) is 11.6. The monoisotopic (exact) mass is 274 g/mol. The number of hydrogen-bond donors (Lipinski definition) is 2. The molecule has 1 atom stereocenters. The number of para-hydroxylation sites is 2. The van der Waals surface area contributed by atoms with Crippen LogP contribution in [0.2, 0.25) is 0 Å². The fraction of sp³-hybridized carbons (Fsp3) is 0.267. The van der Waals surface area contributed by atoms with Crippen molar-refractivity contribution in [1.29, 1.82) is 0 Å². The summed E-state index contributed by atoms with van der Waals surface area (Å²) in [7, 11) is 1.60. The van der Waals surface area contributed by atoms with E-state index in [0.29, 0.717) is 12.3 Å². The highest BCUT2D eigenvalue weighted by Crippen LogP contribution is 2.23. The van der Waals surface area contributed by atoms with E-state index >= 15 is 0 Å². The molecule has 5 heteroatoms. The van der Waals surface area contributed by atoms with Crippen molar-refractivity contribution >= 4 is 11.6 Å². The Labute approximate surface area is 117 Å². The van der Waals surface area contributed by atoms with Gasteiger partial charge >= 0.3 is 0 Å². The Bertz CT molecular complexity index is 552. The molecule has 2 rings (SSSR count). The van der Waals surface area contributed by atoms with E-state index in [0.717, 1.165) is 11.4 Å². The van der Waals surface area contributed by atoms with Crippen molar-refractivity contribution in [2.45, 2.75) is 19.5 Å². The Morgan fingerprint density at radius 1 is 1.30 bits per heavy atom. The summed E-state index contributed by atoms with van der Waals surface area (Å²) >= 11 is 0. The third-order valence-electron chi connectivity index (χ3n) is 2.89. The van der Waals surface area contributed by atoms with Gasteiger partial charge in [-0.2, -0.15) is 0 Å². The summed E-state index contributed by atoms with van der Waals surface area (Å²) in [4.78, 5) is 12.0. The second-order valence-electron chi connectivity index (χ2n) is 4.36. The SMILES string of the molecule is COc1ccccc1NC(C)C(=O)NCc1ccco1. The van der Waals surface area contributed by atoms with Gasteiger partial charge in [0.1, 0.15) is 17.6 Å². The van der Waals surface area contributed by atoms with Crippen molar-refractivity contribution in [3.63, 3.8) is 0 Å². The Hall–Kier alpha value is -2.43. The molecule has 0 fully saturated rings. The number of benzene rings is 1. The summed E-state index contributed by atoms with van der Waals surface area (Å²) < 4.78 is 10.4. The zero-order chi connectivity index (χ0) is 14.4. The van der Waals surface area contributed by atoms with Crippen molar-refractivity contribution in [3.05, 3.63) is 48.4 Å². The first-order chi connectivity index (χ1) is 9.70. The van der Waals surface area contributed by atoms with E-state index < -0.39 is 0 Å². The lowest BCUT2D eigenvalue weighted by molar-refractivity contribution is -0.121. The molecule has 1 unspecified atom stereocenters. The number of nitrogens with one attached hydrogen (secondary N) is 2. The maximum atomic E-state index is 12.0. The van der Waals surface area contributed by atoms with Gasteiger partial charge in [0.15, 0.2) is 0 Å². The smallest absolute Gasteiger partial charge is 0.242 e. The topological polar surface area (TPSA) is 63.5 Å². The normalized spacial score (nSPS) is 11.7. The van der Waals surface area contributed by atoms with Crippen LogP contribution in [-0.2, 0) is 11.3 Å². The maximum absolute atomic E-state index is 12.0. The lowest BCUT2D eigenvalue weighted by Gasteiger charge is -2.16. The first kappa shape index (κ1) is 14.0. The standard InChI is InChI=1S/C15H18N2O3/c1-11(15(18)16-10-12-6-5-9-20-12)17-13-7-3-4-8-14(13)19-2/h3-9,11,17H,10H2,1-2H3,(H,16,18). The molecule has 1 aromatic heterocycles. The Morgan fingerprint density at radius 2 is 2.10 bits per heavy atom. The number of rotatable bonds is 6. The highest BCUT2D eigenvalue weighted by Gasteiger charge is 2.14. The van der Waals surface area contributed by atoms with Gasteiger partial charge < -0.3 is 19.8 Å². The van der Waals surface area contributed by atoms with Crippen molar-refractivity contribution in [1.82, 2.24) is 5.32 Å². The highest BCUT2D eigenvalue weighted by atomic mass is 16.5. The van der Waals surface area contributed by atoms with Crippen molar-refractivity contribution in [2.75, 3.05) is 12.4 Å². The summed E-state index contributed by atoms with van der Waals surface area (Å²) in [6, 6.07) is 10.7. The molecule has 0 saturated heterocycles.